The highest BCUT2D eigenvalue weighted by Gasteiger charge is 2.42. The Labute approximate surface area is 142 Å². The summed E-state index contributed by atoms with van der Waals surface area (Å²) in [6, 6.07) is 3.21. The third-order valence-electron chi connectivity index (χ3n) is 4.99. The molecule has 1 aliphatic heterocycles. The fraction of sp³-hybridized carbons (Fsp3) is 0.611. The first-order chi connectivity index (χ1) is 11.7. The van der Waals surface area contributed by atoms with Crippen LogP contribution in [0.15, 0.2) is 24.5 Å². The molecular formula is C18H25N3O3. The second-order valence-electron chi connectivity index (χ2n) is 6.62. The molecular weight excluding hydrogens is 306 g/mol. The molecule has 3 rings (SSSR count). The number of hydrogen-bond acceptors (Lipinski definition) is 4. The van der Waals surface area contributed by atoms with Crippen LogP contribution in [0.3, 0.4) is 0 Å². The van der Waals surface area contributed by atoms with Crippen LogP contribution in [0.25, 0.3) is 0 Å². The highest BCUT2D eigenvalue weighted by Crippen LogP contribution is 2.30. The van der Waals surface area contributed by atoms with Crippen LogP contribution in [-0.4, -0.2) is 47.4 Å². The second kappa shape index (κ2) is 7.64. The van der Waals surface area contributed by atoms with Gasteiger partial charge in [0.15, 0.2) is 0 Å². The zero-order valence-electron chi connectivity index (χ0n) is 14.1. The number of carbonyl (C=O) groups excluding carboxylic acids is 2. The summed E-state index contributed by atoms with van der Waals surface area (Å²) in [6.45, 7) is 0.461. The van der Waals surface area contributed by atoms with Gasteiger partial charge in [-0.25, -0.2) is 0 Å². The van der Waals surface area contributed by atoms with Crippen molar-refractivity contribution in [2.45, 2.75) is 50.7 Å². The predicted octanol–water partition coefficient (Wildman–Crippen LogP) is 1.76. The van der Waals surface area contributed by atoms with Gasteiger partial charge in [-0.2, -0.15) is 0 Å². The molecule has 2 atom stereocenters. The Hall–Kier alpha value is -2.11. The van der Waals surface area contributed by atoms with Crippen LogP contribution in [0.1, 0.15) is 38.5 Å². The Bertz CT molecular complexity index is 572. The monoisotopic (exact) mass is 331 g/mol. The molecule has 0 bridgehead atoms. The average molecular weight is 331 g/mol. The summed E-state index contributed by atoms with van der Waals surface area (Å²) >= 11 is 0. The number of aromatic nitrogens is 1. The van der Waals surface area contributed by atoms with Gasteiger partial charge in [-0.15, -0.1) is 0 Å². The van der Waals surface area contributed by atoms with E-state index in [9.17, 15) is 9.59 Å². The third-order valence-corrected chi connectivity index (χ3v) is 4.99. The quantitative estimate of drug-likeness (QED) is 0.912. The minimum atomic E-state index is -0.439. The van der Waals surface area contributed by atoms with Crippen molar-refractivity contribution in [1.82, 2.24) is 15.2 Å². The van der Waals surface area contributed by atoms with Crippen LogP contribution in [0, 0.1) is 5.92 Å². The molecule has 0 spiro atoms. The Kier molecular flexibility index (Phi) is 5.33. The van der Waals surface area contributed by atoms with Crippen LogP contribution < -0.4 is 10.1 Å². The van der Waals surface area contributed by atoms with E-state index in [1.165, 1.54) is 6.42 Å². The standard InChI is InChI=1S/C18H25N3O3/c1-19-17(22)16-10-15(24-14-8-5-9-20-11-14)12-21(16)18(23)13-6-3-2-4-7-13/h5,8-9,11,13,15-16H,2-4,6-7,10,12H2,1H3,(H,19,22)/t15-,16-/m0/s1. The zero-order chi connectivity index (χ0) is 16.9. The molecule has 1 aromatic heterocycles. The van der Waals surface area contributed by atoms with Gasteiger partial charge < -0.3 is 15.0 Å². The number of likely N-dealkylation sites (tertiary alicyclic amines) is 1. The fourth-order valence-corrected chi connectivity index (χ4v) is 3.73. The number of nitrogens with one attached hydrogen (secondary N) is 1. The van der Waals surface area contributed by atoms with E-state index >= 15 is 0 Å². The molecule has 1 saturated heterocycles. The Morgan fingerprint density at radius 1 is 1.29 bits per heavy atom. The van der Waals surface area contributed by atoms with Crippen molar-refractivity contribution in [2.75, 3.05) is 13.6 Å². The maximum absolute atomic E-state index is 12.9. The minimum absolute atomic E-state index is 0.0584. The van der Waals surface area contributed by atoms with Gasteiger partial charge >= 0.3 is 0 Å². The molecule has 130 valence electrons. The van der Waals surface area contributed by atoms with Crippen molar-refractivity contribution >= 4 is 11.8 Å². The maximum atomic E-state index is 12.9. The van der Waals surface area contributed by atoms with Gasteiger partial charge in [-0.1, -0.05) is 19.3 Å². The lowest BCUT2D eigenvalue weighted by molar-refractivity contribution is -0.142. The first kappa shape index (κ1) is 16.7. The number of likely N-dealkylation sites (N-methyl/N-ethyl adjacent to an activating group) is 1. The molecule has 6 heteroatoms. The molecule has 0 radical (unpaired) electrons. The number of hydrogen-bond donors (Lipinski definition) is 1. The molecule has 2 fully saturated rings. The van der Waals surface area contributed by atoms with Gasteiger partial charge in [0.2, 0.25) is 11.8 Å². The molecule has 1 aliphatic carbocycles. The lowest BCUT2D eigenvalue weighted by Gasteiger charge is -2.29. The van der Waals surface area contributed by atoms with Crippen molar-refractivity contribution in [3.63, 3.8) is 0 Å². The van der Waals surface area contributed by atoms with Gasteiger partial charge in [0.05, 0.1) is 12.7 Å². The molecule has 1 saturated carbocycles. The fourth-order valence-electron chi connectivity index (χ4n) is 3.73. The van der Waals surface area contributed by atoms with Crippen molar-refractivity contribution in [3.8, 4) is 5.75 Å². The van der Waals surface area contributed by atoms with E-state index in [4.69, 9.17) is 4.74 Å². The van der Waals surface area contributed by atoms with Crippen molar-refractivity contribution < 1.29 is 14.3 Å². The maximum Gasteiger partial charge on any atom is 0.242 e. The number of amides is 2. The third kappa shape index (κ3) is 3.68. The van der Waals surface area contributed by atoms with Crippen molar-refractivity contribution in [2.24, 2.45) is 5.92 Å². The van der Waals surface area contributed by atoms with Crippen molar-refractivity contribution in [3.05, 3.63) is 24.5 Å². The van der Waals surface area contributed by atoms with E-state index < -0.39 is 6.04 Å². The summed E-state index contributed by atoms with van der Waals surface area (Å²) in [7, 11) is 1.61. The largest absolute Gasteiger partial charge is 0.487 e. The predicted molar refractivity (Wildman–Crippen MR) is 89.4 cm³/mol. The lowest BCUT2D eigenvalue weighted by Crippen LogP contribution is -2.47. The van der Waals surface area contributed by atoms with Gasteiger partial charge in [0.25, 0.3) is 0 Å². The first-order valence-corrected chi connectivity index (χ1v) is 8.78. The number of ether oxygens (including phenoxy) is 1. The topological polar surface area (TPSA) is 71.5 Å². The van der Waals surface area contributed by atoms with Crippen molar-refractivity contribution in [1.29, 1.82) is 0 Å². The summed E-state index contributed by atoms with van der Waals surface area (Å²) < 4.78 is 5.93. The van der Waals surface area contributed by atoms with Gasteiger partial charge in [-0.3, -0.25) is 14.6 Å². The van der Waals surface area contributed by atoms with Crippen LogP contribution in [0.4, 0.5) is 0 Å². The molecule has 2 heterocycles. The van der Waals surface area contributed by atoms with Crippen LogP contribution in [-0.2, 0) is 9.59 Å². The van der Waals surface area contributed by atoms with Crippen LogP contribution in [0.2, 0.25) is 0 Å². The van der Waals surface area contributed by atoms with E-state index in [1.807, 2.05) is 12.1 Å². The summed E-state index contributed by atoms with van der Waals surface area (Å²) in [4.78, 5) is 30.9. The highest BCUT2D eigenvalue weighted by atomic mass is 16.5. The smallest absolute Gasteiger partial charge is 0.242 e. The minimum Gasteiger partial charge on any atom is -0.487 e. The molecule has 1 aromatic rings. The molecule has 0 unspecified atom stereocenters. The van der Waals surface area contributed by atoms with E-state index in [1.54, 1.807) is 24.3 Å². The first-order valence-electron chi connectivity index (χ1n) is 8.78. The zero-order valence-corrected chi connectivity index (χ0v) is 14.1. The summed E-state index contributed by atoms with van der Waals surface area (Å²) in [5.41, 5.74) is 0. The Morgan fingerprint density at radius 3 is 2.75 bits per heavy atom. The molecule has 2 aliphatic rings. The van der Waals surface area contributed by atoms with Crippen LogP contribution >= 0.6 is 0 Å². The van der Waals surface area contributed by atoms with Gasteiger partial charge in [-0.05, 0) is 25.0 Å². The van der Waals surface area contributed by atoms with Gasteiger partial charge in [0, 0.05) is 25.6 Å². The Balaban J connectivity index is 1.70. The molecule has 24 heavy (non-hydrogen) atoms. The summed E-state index contributed by atoms with van der Waals surface area (Å²) in [5, 5.41) is 2.68. The van der Waals surface area contributed by atoms with E-state index in [2.05, 4.69) is 10.3 Å². The lowest BCUT2D eigenvalue weighted by atomic mass is 9.88. The van der Waals surface area contributed by atoms with E-state index in [0.717, 1.165) is 25.7 Å². The molecule has 2 amide bonds. The van der Waals surface area contributed by atoms with Crippen LogP contribution in [0.5, 0.6) is 5.75 Å². The summed E-state index contributed by atoms with van der Waals surface area (Å²) in [6.07, 6.45) is 8.96. The highest BCUT2D eigenvalue weighted by molar-refractivity contribution is 5.89. The van der Waals surface area contributed by atoms with Gasteiger partial charge in [0.1, 0.15) is 17.9 Å². The Morgan fingerprint density at radius 2 is 2.08 bits per heavy atom. The normalized spacial score (nSPS) is 24.6. The molecule has 0 aromatic carbocycles. The molecule has 1 N–H and O–H groups in total. The number of carbonyl (C=O) groups is 2. The van der Waals surface area contributed by atoms with E-state index in [-0.39, 0.29) is 23.8 Å². The number of nitrogens with zero attached hydrogens (tertiary/aromatic N) is 2. The molecule has 6 nitrogen and oxygen atoms in total. The summed E-state index contributed by atoms with van der Waals surface area (Å²) in [5.74, 6) is 0.727. The number of rotatable bonds is 4. The van der Waals surface area contributed by atoms with E-state index in [0.29, 0.717) is 18.7 Å². The number of pyridine rings is 1. The SMILES string of the molecule is CNC(=O)[C@@H]1C[C@H](Oc2cccnc2)CN1C(=O)C1CCCCC1. The average Bonchev–Trinajstić information content (AvgIpc) is 3.05. The second-order valence-corrected chi connectivity index (χ2v) is 6.62.